The van der Waals surface area contributed by atoms with Crippen LogP contribution in [-0.2, 0) is 0 Å². The molecule has 0 saturated heterocycles. The Morgan fingerprint density at radius 1 is 1.80 bits per heavy atom. The molecule has 0 aliphatic heterocycles. The first-order valence-electron chi connectivity index (χ1n) is 2.44. The van der Waals surface area contributed by atoms with Crippen molar-refractivity contribution < 1.29 is 5.11 Å². The summed E-state index contributed by atoms with van der Waals surface area (Å²) in [6, 6.07) is 0. The number of hydrogen-bond donors (Lipinski definition) is 3. The van der Waals surface area contributed by atoms with Crippen LogP contribution in [0.1, 0.15) is 0 Å². The van der Waals surface area contributed by atoms with E-state index in [1.165, 1.54) is 11.8 Å². The molecule has 58 valence electrons. The van der Waals surface area contributed by atoms with Gasteiger partial charge >= 0.3 is 0 Å². The number of nitrogens with one attached hydrogen (secondary N) is 1. The van der Waals surface area contributed by atoms with Gasteiger partial charge in [0.2, 0.25) is 0 Å². The van der Waals surface area contributed by atoms with Crippen molar-refractivity contribution in [3.63, 3.8) is 0 Å². The minimum Gasteiger partial charge on any atom is -0.391 e. The summed E-state index contributed by atoms with van der Waals surface area (Å²) < 4.78 is 0. The monoisotopic (exact) mass is 197 g/mol. The summed E-state index contributed by atoms with van der Waals surface area (Å²) in [5.74, 6) is 0. The van der Waals surface area contributed by atoms with Crippen molar-refractivity contribution in [1.82, 2.24) is 0 Å². The van der Waals surface area contributed by atoms with Crippen LogP contribution in [0.15, 0.2) is 9.81 Å². The van der Waals surface area contributed by atoms with E-state index < -0.39 is 0 Å². The molecule has 0 aromatic rings. The molecule has 0 aliphatic carbocycles. The molecule has 5 heteroatoms. The average Bonchev–Trinajstić information content (AvgIpc) is 1.88. The Labute approximate surface area is 74.6 Å². The van der Waals surface area contributed by atoms with Crippen molar-refractivity contribution in [3.05, 3.63) is 9.81 Å². The van der Waals surface area contributed by atoms with Crippen LogP contribution >= 0.6 is 36.0 Å². The minimum atomic E-state index is -0.172. The van der Waals surface area contributed by atoms with Crippen molar-refractivity contribution in [2.45, 2.75) is 0 Å². The molecule has 0 rings (SSSR count). The van der Waals surface area contributed by atoms with Gasteiger partial charge in [0.15, 0.2) is 0 Å². The molecule has 0 heterocycles. The van der Waals surface area contributed by atoms with E-state index in [1.807, 2.05) is 0 Å². The Balaban J connectivity index is 4.45. The number of thioether (sulfide) groups is 1. The fourth-order valence-electron chi connectivity index (χ4n) is 0.406. The van der Waals surface area contributed by atoms with Gasteiger partial charge in [-0.2, -0.15) is 0 Å². The second kappa shape index (κ2) is 5.07. The third kappa shape index (κ3) is 2.96. The first-order chi connectivity index (χ1) is 4.63. The summed E-state index contributed by atoms with van der Waals surface area (Å²) in [7, 11) is 0. The SMILES string of the molecule is CS/C(C(=N)Cl)=C(/S)CO. The van der Waals surface area contributed by atoms with Gasteiger partial charge in [-0.05, 0) is 6.26 Å². The van der Waals surface area contributed by atoms with Crippen molar-refractivity contribution in [1.29, 1.82) is 5.41 Å². The fraction of sp³-hybridized carbons (Fsp3) is 0.400. The Hall–Kier alpha value is 0.360. The molecule has 0 aliphatic rings. The maximum absolute atomic E-state index is 8.58. The summed E-state index contributed by atoms with van der Waals surface area (Å²) >= 11 is 10.6. The van der Waals surface area contributed by atoms with E-state index in [2.05, 4.69) is 12.6 Å². The van der Waals surface area contributed by atoms with Crippen molar-refractivity contribution in [2.75, 3.05) is 12.9 Å². The molecule has 0 bridgehead atoms. The number of thiol groups is 1. The number of aliphatic hydroxyl groups excluding tert-OH is 1. The first-order valence-corrected chi connectivity index (χ1v) is 4.49. The van der Waals surface area contributed by atoms with Crippen LogP contribution in [-0.4, -0.2) is 23.1 Å². The van der Waals surface area contributed by atoms with Crippen molar-refractivity contribution in [3.8, 4) is 0 Å². The van der Waals surface area contributed by atoms with Gasteiger partial charge in [0.05, 0.1) is 11.5 Å². The standard InChI is InChI=1S/C5H8ClNOS2/c1-10-4(5(6)7)3(9)2-8/h7-9H,2H2,1H3/b4-3+,7-5?. The van der Waals surface area contributed by atoms with Crippen molar-refractivity contribution in [2.24, 2.45) is 0 Å². The van der Waals surface area contributed by atoms with Gasteiger partial charge in [-0.25, -0.2) is 0 Å². The lowest BCUT2D eigenvalue weighted by molar-refractivity contribution is 0.339. The second-order valence-corrected chi connectivity index (χ2v) is 3.19. The number of aliphatic hydroxyl groups is 1. The molecule has 2 N–H and O–H groups in total. The Morgan fingerprint density at radius 3 is 2.40 bits per heavy atom. The molecular formula is C5H8ClNOS2. The quantitative estimate of drug-likeness (QED) is 0.477. The van der Waals surface area contributed by atoms with Crippen LogP contribution < -0.4 is 0 Å². The van der Waals surface area contributed by atoms with Gasteiger partial charge < -0.3 is 5.11 Å². The molecule has 0 saturated carbocycles. The largest absolute Gasteiger partial charge is 0.391 e. The molecule has 0 fully saturated rings. The Morgan fingerprint density at radius 2 is 2.30 bits per heavy atom. The van der Waals surface area contributed by atoms with E-state index >= 15 is 0 Å². The highest BCUT2D eigenvalue weighted by atomic mass is 35.5. The summed E-state index contributed by atoms with van der Waals surface area (Å²) in [6.45, 7) is -0.172. The number of hydrogen-bond acceptors (Lipinski definition) is 4. The Kier molecular flexibility index (Phi) is 5.25. The van der Waals surface area contributed by atoms with Gasteiger partial charge in [-0.3, -0.25) is 5.41 Å². The zero-order valence-corrected chi connectivity index (χ0v) is 7.85. The number of halogens is 1. The van der Waals surface area contributed by atoms with Gasteiger partial charge in [0.1, 0.15) is 5.17 Å². The van der Waals surface area contributed by atoms with E-state index in [4.69, 9.17) is 22.1 Å². The zero-order valence-electron chi connectivity index (χ0n) is 5.39. The molecule has 0 atom stereocenters. The van der Waals surface area contributed by atoms with E-state index in [1.54, 1.807) is 6.26 Å². The molecule has 0 unspecified atom stereocenters. The molecule has 2 nitrogen and oxygen atoms in total. The maximum atomic E-state index is 8.58. The molecule has 0 aromatic carbocycles. The molecule has 10 heavy (non-hydrogen) atoms. The molecular weight excluding hydrogens is 190 g/mol. The van der Waals surface area contributed by atoms with Crippen LogP contribution in [0, 0.1) is 5.41 Å². The van der Waals surface area contributed by atoms with Crippen LogP contribution in [0.5, 0.6) is 0 Å². The van der Waals surface area contributed by atoms with Gasteiger partial charge in [0.25, 0.3) is 0 Å². The normalized spacial score (nSPS) is 12.8. The smallest absolute Gasteiger partial charge is 0.135 e. The molecule has 0 amide bonds. The molecule has 0 radical (unpaired) electrons. The lowest BCUT2D eigenvalue weighted by atomic mass is 10.5. The lowest BCUT2D eigenvalue weighted by Crippen LogP contribution is -1.93. The minimum absolute atomic E-state index is 0.0773. The summed E-state index contributed by atoms with van der Waals surface area (Å²) in [5, 5.41) is 15.5. The highest BCUT2D eigenvalue weighted by Crippen LogP contribution is 2.21. The third-order valence-electron chi connectivity index (χ3n) is 0.815. The topological polar surface area (TPSA) is 44.1 Å². The number of rotatable bonds is 3. The van der Waals surface area contributed by atoms with Crippen LogP contribution in [0.25, 0.3) is 0 Å². The molecule has 0 aromatic heterocycles. The van der Waals surface area contributed by atoms with Crippen LogP contribution in [0.3, 0.4) is 0 Å². The number of allylic oxidation sites excluding steroid dienone is 1. The predicted octanol–water partition coefficient (Wildman–Crippen LogP) is 1.70. The van der Waals surface area contributed by atoms with Crippen molar-refractivity contribution >= 4 is 41.2 Å². The lowest BCUT2D eigenvalue weighted by Gasteiger charge is -2.01. The fourth-order valence-corrected chi connectivity index (χ4v) is 1.68. The first kappa shape index (κ1) is 10.4. The van der Waals surface area contributed by atoms with E-state index in [0.717, 1.165) is 0 Å². The predicted molar refractivity (Wildman–Crippen MR) is 50.2 cm³/mol. The van der Waals surface area contributed by atoms with Gasteiger partial charge in [-0.15, -0.1) is 24.4 Å². The van der Waals surface area contributed by atoms with Crippen LogP contribution in [0.4, 0.5) is 0 Å². The zero-order chi connectivity index (χ0) is 8.15. The Bertz CT molecular complexity index is 169. The summed E-state index contributed by atoms with van der Waals surface area (Å²) in [6.07, 6.45) is 1.78. The summed E-state index contributed by atoms with van der Waals surface area (Å²) in [4.78, 5) is 0.958. The van der Waals surface area contributed by atoms with E-state index in [-0.39, 0.29) is 11.8 Å². The van der Waals surface area contributed by atoms with Crippen LogP contribution in [0.2, 0.25) is 0 Å². The van der Waals surface area contributed by atoms with E-state index in [9.17, 15) is 0 Å². The third-order valence-corrected chi connectivity index (χ3v) is 2.49. The summed E-state index contributed by atoms with van der Waals surface area (Å²) in [5.41, 5.74) is 0. The molecule has 0 spiro atoms. The highest BCUT2D eigenvalue weighted by molar-refractivity contribution is 8.04. The second-order valence-electron chi connectivity index (χ2n) is 1.45. The average molecular weight is 198 g/mol. The highest BCUT2D eigenvalue weighted by Gasteiger charge is 2.04. The van der Waals surface area contributed by atoms with Gasteiger partial charge in [-0.1, -0.05) is 11.6 Å². The van der Waals surface area contributed by atoms with Gasteiger partial charge in [0, 0.05) is 4.91 Å². The maximum Gasteiger partial charge on any atom is 0.135 e. The van der Waals surface area contributed by atoms with E-state index in [0.29, 0.717) is 9.81 Å².